The van der Waals surface area contributed by atoms with E-state index in [0.717, 1.165) is 56.3 Å². The number of likely N-dealkylation sites (tertiary alicyclic amines) is 1. The minimum atomic E-state index is -0.936. The van der Waals surface area contributed by atoms with Gasteiger partial charge in [-0.2, -0.15) is 0 Å². The molecule has 12 heteroatoms. The second-order valence-electron chi connectivity index (χ2n) is 16.1. The van der Waals surface area contributed by atoms with Crippen molar-refractivity contribution in [2.75, 3.05) is 20.1 Å². The quantitative estimate of drug-likeness (QED) is 0.138. The number of Topliss-reactive ketones (excluding diaryl/α,β-unsaturated/α-hetero) is 1. The van der Waals surface area contributed by atoms with Crippen molar-refractivity contribution in [3.05, 3.63) is 51.5 Å². The van der Waals surface area contributed by atoms with Crippen molar-refractivity contribution in [1.82, 2.24) is 20.1 Å². The molecule has 7 atom stereocenters. The SMILES string of the molecule is CCN1CCCC[C@@H]1C(=O)C[C@H](C(=O)N(C)[C@H](C[C@@H](OC(C)=O)c1nc(C(=O)N[C@@H](Cc2ccc(C)cc2)C[C@H](C)C(=O)O)cs1)C(C)C)[C@@H](C)C1CC1. The number of ketones is 1. The summed E-state index contributed by atoms with van der Waals surface area (Å²) in [5, 5.41) is 14.7. The number of ether oxygens (including phenoxy) is 1. The molecule has 54 heavy (non-hydrogen) atoms. The molecular weight excluding hydrogens is 705 g/mol. The van der Waals surface area contributed by atoms with Crippen LogP contribution in [-0.2, 0) is 30.3 Å². The van der Waals surface area contributed by atoms with Crippen LogP contribution in [0.4, 0.5) is 0 Å². The zero-order valence-electron chi connectivity index (χ0n) is 33.5. The van der Waals surface area contributed by atoms with Gasteiger partial charge < -0.3 is 20.1 Å². The lowest BCUT2D eigenvalue weighted by Gasteiger charge is -2.38. The van der Waals surface area contributed by atoms with Gasteiger partial charge in [0.2, 0.25) is 5.91 Å². The van der Waals surface area contributed by atoms with Crippen LogP contribution in [0.3, 0.4) is 0 Å². The van der Waals surface area contributed by atoms with Gasteiger partial charge in [-0.15, -0.1) is 11.3 Å². The molecule has 2 aliphatic rings. The zero-order chi connectivity index (χ0) is 39.7. The van der Waals surface area contributed by atoms with Crippen molar-refractivity contribution in [1.29, 1.82) is 0 Å². The maximum atomic E-state index is 14.5. The predicted octanol–water partition coefficient (Wildman–Crippen LogP) is 6.88. The molecule has 1 saturated carbocycles. The van der Waals surface area contributed by atoms with Crippen LogP contribution in [0, 0.1) is 36.5 Å². The highest BCUT2D eigenvalue weighted by molar-refractivity contribution is 7.09. The number of aryl methyl sites for hydroxylation is 1. The molecule has 1 aliphatic carbocycles. The first-order chi connectivity index (χ1) is 25.6. The summed E-state index contributed by atoms with van der Waals surface area (Å²) in [5.41, 5.74) is 2.23. The topological polar surface area (TPSA) is 146 Å². The number of carboxylic acid groups (broad SMARTS) is 1. The van der Waals surface area contributed by atoms with E-state index in [1.165, 1.54) is 18.3 Å². The maximum absolute atomic E-state index is 14.5. The number of likely N-dealkylation sites (N-methyl/N-ethyl adjacent to an activating group) is 1. The Morgan fingerprint density at radius 2 is 1.72 bits per heavy atom. The van der Waals surface area contributed by atoms with Crippen molar-refractivity contribution >= 4 is 40.9 Å². The number of rotatable bonds is 20. The fourth-order valence-electron chi connectivity index (χ4n) is 7.99. The zero-order valence-corrected chi connectivity index (χ0v) is 34.3. The van der Waals surface area contributed by atoms with Crippen LogP contribution in [0.2, 0.25) is 0 Å². The molecule has 1 saturated heterocycles. The largest absolute Gasteiger partial charge is 0.481 e. The van der Waals surface area contributed by atoms with Crippen LogP contribution in [0.1, 0.15) is 126 Å². The summed E-state index contributed by atoms with van der Waals surface area (Å²) in [6.07, 6.45) is 5.46. The van der Waals surface area contributed by atoms with Crippen LogP contribution in [0.15, 0.2) is 29.6 Å². The second-order valence-corrected chi connectivity index (χ2v) is 17.0. The Labute approximate surface area is 325 Å². The predicted molar refractivity (Wildman–Crippen MR) is 210 cm³/mol. The van der Waals surface area contributed by atoms with Gasteiger partial charge in [0, 0.05) is 50.2 Å². The van der Waals surface area contributed by atoms with Crippen LogP contribution in [0.5, 0.6) is 0 Å². The standard InChI is InChI=1S/C42H62N4O7S/c1-9-46-19-11-10-12-35(46)37(48)22-33(28(6)31-17-18-31)41(50)45(8)36(25(2)3)23-38(53-29(7)47)40-44-34(24-54-40)39(49)43-32(20-27(5)42(51)52)21-30-15-13-26(4)14-16-30/h13-16,24-25,27-28,31-33,35-36,38H,9-12,17-23H2,1-8H3,(H,43,49)(H,51,52)/t27-,28-,32+,33-,35+,36+,38+/m0/s1. The highest BCUT2D eigenvalue weighted by Crippen LogP contribution is 2.43. The summed E-state index contributed by atoms with van der Waals surface area (Å²) in [5.74, 6) is -2.39. The number of hydrogen-bond donors (Lipinski definition) is 2. The number of hydrogen-bond acceptors (Lipinski definition) is 9. The number of esters is 1. The Kier molecular flexibility index (Phi) is 15.8. The van der Waals surface area contributed by atoms with E-state index in [1.54, 1.807) is 24.3 Å². The van der Waals surface area contributed by atoms with Crippen molar-refractivity contribution < 1.29 is 33.8 Å². The number of carbonyl (C=O) groups is 5. The Bertz CT molecular complexity index is 1590. The smallest absolute Gasteiger partial charge is 0.306 e. The van der Waals surface area contributed by atoms with E-state index >= 15 is 0 Å². The first kappa shape index (κ1) is 43.1. The molecule has 2 heterocycles. The summed E-state index contributed by atoms with van der Waals surface area (Å²) >= 11 is 1.21. The third-order valence-corrected chi connectivity index (χ3v) is 12.5. The molecule has 1 aromatic heterocycles. The Hall–Kier alpha value is -3.64. The maximum Gasteiger partial charge on any atom is 0.306 e. The number of aliphatic carboxylic acids is 1. The van der Waals surface area contributed by atoms with Gasteiger partial charge in [0.15, 0.2) is 11.9 Å². The molecule has 2 N–H and O–H groups in total. The molecule has 0 bridgehead atoms. The van der Waals surface area contributed by atoms with Gasteiger partial charge in [0.25, 0.3) is 5.91 Å². The highest BCUT2D eigenvalue weighted by atomic mass is 32.1. The number of amides is 2. The van der Waals surface area contributed by atoms with Crippen molar-refractivity contribution in [3.8, 4) is 0 Å². The minimum Gasteiger partial charge on any atom is -0.481 e. The van der Waals surface area contributed by atoms with Crippen LogP contribution >= 0.6 is 11.3 Å². The lowest BCUT2D eigenvalue weighted by atomic mass is 9.81. The molecule has 298 valence electrons. The van der Waals surface area contributed by atoms with Gasteiger partial charge in [0.1, 0.15) is 10.7 Å². The van der Waals surface area contributed by atoms with Gasteiger partial charge in [-0.3, -0.25) is 28.9 Å². The molecule has 0 radical (unpaired) electrons. The molecule has 0 spiro atoms. The van der Waals surface area contributed by atoms with Gasteiger partial charge in [0.05, 0.1) is 12.0 Å². The second kappa shape index (κ2) is 19.8. The fourth-order valence-corrected chi connectivity index (χ4v) is 8.83. The van der Waals surface area contributed by atoms with Crippen molar-refractivity contribution in [2.45, 2.75) is 130 Å². The van der Waals surface area contributed by atoms with E-state index in [9.17, 15) is 29.1 Å². The van der Waals surface area contributed by atoms with E-state index in [0.29, 0.717) is 17.3 Å². The number of piperidine rings is 1. The number of nitrogens with zero attached hydrogens (tertiary/aromatic N) is 3. The first-order valence-corrected chi connectivity index (χ1v) is 20.7. The molecule has 1 aromatic carbocycles. The van der Waals surface area contributed by atoms with Crippen molar-refractivity contribution in [2.24, 2.45) is 29.6 Å². The number of benzene rings is 1. The number of carbonyl (C=O) groups excluding carboxylic acids is 4. The molecule has 2 amide bonds. The number of nitrogens with one attached hydrogen (secondary N) is 1. The van der Waals surface area contributed by atoms with Crippen LogP contribution < -0.4 is 5.32 Å². The highest BCUT2D eigenvalue weighted by Gasteiger charge is 2.42. The fraction of sp³-hybridized carbons (Fsp3) is 0.667. The van der Waals surface area contributed by atoms with Crippen molar-refractivity contribution in [3.63, 3.8) is 0 Å². The molecule has 4 rings (SSSR count). The molecular formula is C42H62N4O7S. The lowest BCUT2D eigenvalue weighted by molar-refractivity contribution is -0.149. The third kappa shape index (κ3) is 11.9. The monoisotopic (exact) mass is 766 g/mol. The van der Waals surface area contributed by atoms with Gasteiger partial charge in [-0.05, 0) is 81.9 Å². The molecule has 1 aliphatic heterocycles. The van der Waals surface area contributed by atoms with E-state index in [4.69, 9.17) is 4.74 Å². The molecule has 11 nitrogen and oxygen atoms in total. The normalized spacial score (nSPS) is 19.6. The summed E-state index contributed by atoms with van der Waals surface area (Å²) in [6.45, 7) is 14.9. The average Bonchev–Trinajstić information content (AvgIpc) is 3.87. The molecule has 2 aromatic rings. The average molecular weight is 767 g/mol. The van der Waals surface area contributed by atoms with Gasteiger partial charge >= 0.3 is 11.9 Å². The number of aromatic nitrogens is 1. The summed E-state index contributed by atoms with van der Waals surface area (Å²) in [7, 11) is 1.79. The minimum absolute atomic E-state index is 0.0139. The number of carboxylic acids is 1. The van der Waals surface area contributed by atoms with Gasteiger partial charge in [-0.25, -0.2) is 4.98 Å². The van der Waals surface area contributed by atoms with Gasteiger partial charge in [-0.1, -0.05) is 70.9 Å². The van der Waals surface area contributed by atoms with Crippen LogP contribution in [-0.4, -0.2) is 87.7 Å². The number of thiazole rings is 1. The van der Waals surface area contributed by atoms with E-state index in [2.05, 4.69) is 29.0 Å². The lowest BCUT2D eigenvalue weighted by Crippen LogP contribution is -2.49. The van der Waals surface area contributed by atoms with E-state index in [-0.39, 0.29) is 60.6 Å². The Morgan fingerprint density at radius 3 is 2.31 bits per heavy atom. The summed E-state index contributed by atoms with van der Waals surface area (Å²) < 4.78 is 5.83. The molecule has 0 unspecified atom stereocenters. The Morgan fingerprint density at radius 1 is 1.04 bits per heavy atom. The first-order valence-electron chi connectivity index (χ1n) is 19.8. The van der Waals surface area contributed by atoms with Crippen LogP contribution in [0.25, 0.3) is 0 Å². The summed E-state index contributed by atoms with van der Waals surface area (Å²) in [6, 6.07) is 6.98. The third-order valence-electron chi connectivity index (χ3n) is 11.5. The Balaban J connectivity index is 1.52. The van der Waals surface area contributed by atoms with E-state index in [1.807, 2.05) is 45.0 Å². The molecule has 2 fully saturated rings. The van der Waals surface area contributed by atoms with E-state index < -0.39 is 41.8 Å². The summed E-state index contributed by atoms with van der Waals surface area (Å²) in [4.78, 5) is 74.7.